The van der Waals surface area contributed by atoms with Gasteiger partial charge < -0.3 is 20.1 Å². The lowest BCUT2D eigenvalue weighted by Gasteiger charge is -2.61. The number of fused-ring (bicyclic) bond motifs is 1. The standard InChI is InChI=1S/C22H20F7N7O4/c23-16-13(40-19(37)32-20-3-9(4-20)5-20)8-38-17(16)11-2-15(34-33-11)31-18-12-1-10(7-39-22(27,28)29)35-36(12)6-14(30-18)21(24,25)26/h1-2,6,9,13,16-17H,3-5,7-8H2,(H,32,37)(H2,30,31,33,34)/t9?,13-,16+,17-,20?/m1/s1. The molecule has 1 aliphatic heterocycles. The molecule has 0 spiro atoms. The largest absolute Gasteiger partial charge is 0.522 e. The lowest BCUT2D eigenvalue weighted by Crippen LogP contribution is -2.68. The van der Waals surface area contributed by atoms with Crippen molar-refractivity contribution in [2.24, 2.45) is 5.92 Å². The van der Waals surface area contributed by atoms with E-state index in [1.54, 1.807) is 0 Å². The molecular formula is C22H20F7N7O4. The van der Waals surface area contributed by atoms with E-state index in [0.29, 0.717) is 16.6 Å². The molecule has 2 bridgehead atoms. The van der Waals surface area contributed by atoms with Crippen LogP contribution in [0, 0.1) is 5.92 Å². The molecule has 216 valence electrons. The van der Waals surface area contributed by atoms with Gasteiger partial charge in [0.25, 0.3) is 0 Å². The number of ether oxygens (including phenoxy) is 3. The van der Waals surface area contributed by atoms with Gasteiger partial charge in [0.2, 0.25) is 0 Å². The van der Waals surface area contributed by atoms with E-state index in [9.17, 15) is 31.1 Å². The molecule has 1 saturated heterocycles. The average Bonchev–Trinajstić information content (AvgIpc) is 3.52. The second kappa shape index (κ2) is 9.18. The molecule has 0 unspecified atom stereocenters. The van der Waals surface area contributed by atoms with Crippen LogP contribution < -0.4 is 10.6 Å². The highest BCUT2D eigenvalue weighted by atomic mass is 19.4. The van der Waals surface area contributed by atoms with Crippen LogP contribution in [-0.2, 0) is 27.0 Å². The van der Waals surface area contributed by atoms with Gasteiger partial charge in [-0.3, -0.25) is 9.84 Å². The molecule has 3 N–H and O–H groups in total. The SMILES string of the molecule is O=C(NC12CC(C1)C2)O[C@@H]1CO[C@H](c2cc(Nc3nc(C(F)(F)F)cn4nc(COC(F)(F)F)cc34)n[nH]2)[C@H]1F. The zero-order valence-electron chi connectivity index (χ0n) is 20.1. The molecule has 3 aliphatic carbocycles. The fraction of sp³-hybridized carbons (Fsp3) is 0.545. The molecule has 1 amide bonds. The van der Waals surface area contributed by atoms with E-state index in [1.807, 2.05) is 0 Å². The Morgan fingerprint density at radius 2 is 1.95 bits per heavy atom. The molecule has 4 fully saturated rings. The first kappa shape index (κ1) is 26.5. The van der Waals surface area contributed by atoms with Gasteiger partial charge in [-0.15, -0.1) is 13.2 Å². The minimum Gasteiger partial charge on any atom is -0.441 e. The summed E-state index contributed by atoms with van der Waals surface area (Å²) in [5.41, 5.74) is -1.96. The van der Waals surface area contributed by atoms with E-state index in [2.05, 4.69) is 35.7 Å². The van der Waals surface area contributed by atoms with E-state index in [1.165, 1.54) is 6.07 Å². The molecule has 3 aromatic heterocycles. The Kier molecular flexibility index (Phi) is 6.10. The summed E-state index contributed by atoms with van der Waals surface area (Å²) >= 11 is 0. The maximum atomic E-state index is 15.1. The Morgan fingerprint density at radius 3 is 2.60 bits per heavy atom. The van der Waals surface area contributed by atoms with Crippen LogP contribution in [-0.4, -0.2) is 61.7 Å². The molecule has 3 saturated carbocycles. The topological polar surface area (TPSA) is 128 Å². The molecule has 3 aromatic rings. The van der Waals surface area contributed by atoms with E-state index >= 15 is 4.39 Å². The van der Waals surface area contributed by atoms with Crippen LogP contribution in [0.4, 0.5) is 47.2 Å². The van der Waals surface area contributed by atoms with Crippen molar-refractivity contribution in [3.8, 4) is 0 Å². The lowest BCUT2D eigenvalue weighted by molar-refractivity contribution is -0.330. The highest BCUT2D eigenvalue weighted by Crippen LogP contribution is 2.57. The summed E-state index contributed by atoms with van der Waals surface area (Å²) in [5.74, 6) is 0.0899. The number of amides is 1. The molecule has 18 heteroatoms. The van der Waals surface area contributed by atoms with Crippen molar-refractivity contribution < 1.29 is 49.7 Å². The van der Waals surface area contributed by atoms with Gasteiger partial charge in [-0.2, -0.15) is 23.4 Å². The Balaban J connectivity index is 1.16. The van der Waals surface area contributed by atoms with E-state index in [4.69, 9.17) is 9.47 Å². The highest BCUT2D eigenvalue weighted by Gasteiger charge is 2.58. The smallest absolute Gasteiger partial charge is 0.441 e. The number of carbonyl (C=O) groups is 1. The molecule has 11 nitrogen and oxygen atoms in total. The van der Waals surface area contributed by atoms with Gasteiger partial charge in [0.15, 0.2) is 29.6 Å². The van der Waals surface area contributed by atoms with Crippen molar-refractivity contribution in [1.29, 1.82) is 0 Å². The number of H-pyrrole nitrogens is 1. The third kappa shape index (κ3) is 5.12. The summed E-state index contributed by atoms with van der Waals surface area (Å²) in [7, 11) is 0. The minimum atomic E-state index is -4.97. The van der Waals surface area contributed by atoms with E-state index in [0.717, 1.165) is 25.3 Å². The third-order valence-corrected chi connectivity index (χ3v) is 7.08. The lowest BCUT2D eigenvalue weighted by atomic mass is 9.50. The molecule has 0 radical (unpaired) electrons. The maximum absolute atomic E-state index is 15.1. The molecule has 4 heterocycles. The molecule has 7 rings (SSSR count). The van der Waals surface area contributed by atoms with Gasteiger partial charge in [-0.1, -0.05) is 0 Å². The predicted octanol–water partition coefficient (Wildman–Crippen LogP) is 4.31. The van der Waals surface area contributed by atoms with Gasteiger partial charge >= 0.3 is 18.6 Å². The molecule has 4 aliphatic rings. The van der Waals surface area contributed by atoms with Crippen LogP contribution in [0.25, 0.3) is 5.52 Å². The first-order chi connectivity index (χ1) is 18.8. The van der Waals surface area contributed by atoms with Crippen LogP contribution in [0.15, 0.2) is 18.3 Å². The number of carbonyl (C=O) groups excluding carboxylic acids is 1. The van der Waals surface area contributed by atoms with Crippen LogP contribution in [0.2, 0.25) is 0 Å². The average molecular weight is 579 g/mol. The fourth-order valence-electron chi connectivity index (χ4n) is 5.12. The molecule has 0 aromatic carbocycles. The van der Waals surface area contributed by atoms with Gasteiger partial charge in [-0.05, 0) is 31.2 Å². The zero-order chi connectivity index (χ0) is 28.4. The second-order valence-corrected chi connectivity index (χ2v) is 10.0. The Hall–Kier alpha value is -3.67. The Morgan fingerprint density at radius 1 is 1.20 bits per heavy atom. The van der Waals surface area contributed by atoms with Crippen molar-refractivity contribution in [3.05, 3.63) is 35.4 Å². The van der Waals surface area contributed by atoms with Crippen molar-refractivity contribution in [3.63, 3.8) is 0 Å². The first-order valence-corrected chi connectivity index (χ1v) is 12.0. The number of hydrogen-bond donors (Lipinski definition) is 3. The summed E-state index contributed by atoms with van der Waals surface area (Å²) in [6.07, 6.45) is -11.6. The van der Waals surface area contributed by atoms with Gasteiger partial charge in [0.05, 0.1) is 24.2 Å². The van der Waals surface area contributed by atoms with Crippen molar-refractivity contribution >= 4 is 23.2 Å². The zero-order valence-corrected chi connectivity index (χ0v) is 20.1. The molecule has 3 atom stereocenters. The van der Waals surface area contributed by atoms with Crippen LogP contribution in [0.5, 0.6) is 0 Å². The first-order valence-electron chi connectivity index (χ1n) is 12.0. The van der Waals surface area contributed by atoms with E-state index < -0.39 is 55.1 Å². The number of alkyl carbamates (subject to hydrolysis) is 1. The number of hydrogen-bond acceptors (Lipinski definition) is 8. The van der Waals surface area contributed by atoms with E-state index in [-0.39, 0.29) is 34.9 Å². The van der Waals surface area contributed by atoms with Gasteiger partial charge in [0, 0.05) is 11.6 Å². The van der Waals surface area contributed by atoms with Crippen LogP contribution in [0.3, 0.4) is 0 Å². The normalized spacial score (nSPS) is 27.8. The number of rotatable bonds is 7. The van der Waals surface area contributed by atoms with Crippen molar-refractivity contribution in [1.82, 2.24) is 30.1 Å². The number of aromatic nitrogens is 5. The Labute approximate surface area is 219 Å². The monoisotopic (exact) mass is 579 g/mol. The summed E-state index contributed by atoms with van der Waals surface area (Å²) in [5, 5.41) is 15.4. The fourth-order valence-corrected chi connectivity index (χ4v) is 5.12. The van der Waals surface area contributed by atoms with Crippen molar-refractivity contribution in [2.45, 2.75) is 62.3 Å². The third-order valence-electron chi connectivity index (χ3n) is 7.08. The number of aromatic amines is 1. The van der Waals surface area contributed by atoms with Crippen molar-refractivity contribution in [2.75, 3.05) is 11.9 Å². The van der Waals surface area contributed by atoms with Crippen LogP contribution >= 0.6 is 0 Å². The number of nitrogens with one attached hydrogen (secondary N) is 3. The second-order valence-electron chi connectivity index (χ2n) is 10.0. The number of nitrogens with zero attached hydrogens (tertiary/aromatic N) is 4. The summed E-state index contributed by atoms with van der Waals surface area (Å²) in [6, 6.07) is 2.32. The summed E-state index contributed by atoms with van der Waals surface area (Å²) in [6.45, 7) is -1.27. The van der Waals surface area contributed by atoms with Gasteiger partial charge in [0.1, 0.15) is 18.2 Å². The van der Waals surface area contributed by atoms with Gasteiger partial charge in [-0.25, -0.2) is 18.7 Å². The Bertz CT molecular complexity index is 1420. The summed E-state index contributed by atoms with van der Waals surface area (Å²) in [4.78, 5) is 15.7. The quantitative estimate of drug-likeness (QED) is 0.354. The number of anilines is 2. The molecule has 40 heavy (non-hydrogen) atoms. The van der Waals surface area contributed by atoms with Crippen LogP contribution in [0.1, 0.15) is 42.4 Å². The number of halogens is 7. The highest BCUT2D eigenvalue weighted by molar-refractivity contribution is 5.73. The molecular weight excluding hydrogens is 559 g/mol. The summed E-state index contributed by atoms with van der Waals surface area (Å²) < 4.78 is 108. The minimum absolute atomic E-state index is 0.0942. The maximum Gasteiger partial charge on any atom is 0.522 e. The predicted molar refractivity (Wildman–Crippen MR) is 118 cm³/mol. The number of alkyl halides is 7.